The summed E-state index contributed by atoms with van der Waals surface area (Å²) in [4.78, 5) is 0. The molecule has 0 aliphatic rings. The van der Waals surface area contributed by atoms with E-state index in [4.69, 9.17) is 4.74 Å². The van der Waals surface area contributed by atoms with Crippen molar-refractivity contribution in [3.8, 4) is 5.75 Å². The minimum atomic E-state index is -0.313. The molecule has 2 aromatic rings. The summed E-state index contributed by atoms with van der Waals surface area (Å²) >= 11 is 0. The van der Waals surface area contributed by atoms with Crippen LogP contribution in [0.4, 0.5) is 4.39 Å². The second-order valence-electron chi connectivity index (χ2n) is 4.15. The van der Waals surface area contributed by atoms with E-state index in [0.717, 1.165) is 5.56 Å². The van der Waals surface area contributed by atoms with E-state index in [2.05, 4.69) is 15.5 Å². The van der Waals surface area contributed by atoms with Gasteiger partial charge in [0.2, 0.25) is 0 Å². The number of rotatable bonds is 5. The zero-order valence-electron chi connectivity index (χ0n) is 10.9. The maximum atomic E-state index is 14.1. The van der Waals surface area contributed by atoms with Crippen molar-refractivity contribution in [1.82, 2.24) is 15.5 Å². The topological polar surface area (TPSA) is 47.0 Å². The summed E-state index contributed by atoms with van der Waals surface area (Å²) in [6.07, 6.45) is 3.83. The average Bonchev–Trinajstić information content (AvgIpc) is 2.47. The fourth-order valence-electron chi connectivity index (χ4n) is 1.99. The SMILES string of the molecule is CNC(Cc1cccc(OC)c1F)c1ccnnc1. The van der Waals surface area contributed by atoms with Crippen molar-refractivity contribution in [2.24, 2.45) is 0 Å². The Morgan fingerprint density at radius 2 is 2.16 bits per heavy atom. The molecule has 0 saturated carbocycles. The molecule has 0 aliphatic heterocycles. The van der Waals surface area contributed by atoms with E-state index in [1.54, 1.807) is 30.6 Å². The highest BCUT2D eigenvalue weighted by Crippen LogP contribution is 2.24. The van der Waals surface area contributed by atoms with Crippen molar-refractivity contribution in [2.45, 2.75) is 12.5 Å². The van der Waals surface area contributed by atoms with Gasteiger partial charge in [-0.25, -0.2) is 4.39 Å². The van der Waals surface area contributed by atoms with Crippen LogP contribution in [0.25, 0.3) is 0 Å². The van der Waals surface area contributed by atoms with Crippen molar-refractivity contribution in [2.75, 3.05) is 14.2 Å². The molecule has 2 rings (SSSR count). The first-order valence-corrected chi connectivity index (χ1v) is 6.01. The van der Waals surface area contributed by atoms with Gasteiger partial charge in [-0.3, -0.25) is 0 Å². The first kappa shape index (κ1) is 13.4. The van der Waals surface area contributed by atoms with E-state index in [1.165, 1.54) is 7.11 Å². The molecule has 1 atom stereocenters. The van der Waals surface area contributed by atoms with Gasteiger partial charge in [0, 0.05) is 12.2 Å². The van der Waals surface area contributed by atoms with Gasteiger partial charge in [-0.2, -0.15) is 10.2 Å². The molecule has 100 valence electrons. The number of nitrogens with one attached hydrogen (secondary N) is 1. The molecule has 19 heavy (non-hydrogen) atoms. The van der Waals surface area contributed by atoms with Crippen LogP contribution >= 0.6 is 0 Å². The normalized spacial score (nSPS) is 12.2. The molecule has 1 heterocycles. The Morgan fingerprint density at radius 1 is 1.32 bits per heavy atom. The molecule has 0 radical (unpaired) electrons. The largest absolute Gasteiger partial charge is 0.494 e. The first-order chi connectivity index (χ1) is 9.26. The fourth-order valence-corrected chi connectivity index (χ4v) is 1.99. The summed E-state index contributed by atoms with van der Waals surface area (Å²) in [7, 11) is 3.30. The van der Waals surface area contributed by atoms with Gasteiger partial charge >= 0.3 is 0 Å². The number of aromatic nitrogens is 2. The lowest BCUT2D eigenvalue weighted by Crippen LogP contribution is -2.19. The third-order valence-corrected chi connectivity index (χ3v) is 3.05. The molecule has 1 N–H and O–H groups in total. The van der Waals surface area contributed by atoms with Gasteiger partial charge in [-0.05, 0) is 36.7 Å². The smallest absolute Gasteiger partial charge is 0.168 e. The predicted molar refractivity (Wildman–Crippen MR) is 70.5 cm³/mol. The van der Waals surface area contributed by atoms with Crippen LogP contribution in [0.3, 0.4) is 0 Å². The Kier molecular flexibility index (Phi) is 4.41. The zero-order chi connectivity index (χ0) is 13.7. The summed E-state index contributed by atoms with van der Waals surface area (Å²) in [6.45, 7) is 0. The lowest BCUT2D eigenvalue weighted by molar-refractivity contribution is 0.383. The molecule has 0 fully saturated rings. The quantitative estimate of drug-likeness (QED) is 0.895. The minimum Gasteiger partial charge on any atom is -0.494 e. The van der Waals surface area contributed by atoms with Crippen molar-refractivity contribution < 1.29 is 9.13 Å². The van der Waals surface area contributed by atoms with Gasteiger partial charge in [0.1, 0.15) is 0 Å². The lowest BCUT2D eigenvalue weighted by Gasteiger charge is -2.17. The summed E-state index contributed by atoms with van der Waals surface area (Å²) in [5.41, 5.74) is 1.58. The van der Waals surface area contributed by atoms with Gasteiger partial charge < -0.3 is 10.1 Å². The molecule has 4 nitrogen and oxygen atoms in total. The van der Waals surface area contributed by atoms with Gasteiger partial charge in [0.15, 0.2) is 11.6 Å². The number of ether oxygens (including phenoxy) is 1. The number of hydrogen-bond acceptors (Lipinski definition) is 4. The first-order valence-electron chi connectivity index (χ1n) is 6.01. The molecule has 0 aliphatic carbocycles. The molecule has 0 amide bonds. The van der Waals surface area contributed by atoms with Crippen LogP contribution in [0.2, 0.25) is 0 Å². The van der Waals surface area contributed by atoms with E-state index < -0.39 is 0 Å². The molecule has 0 spiro atoms. The van der Waals surface area contributed by atoms with Crippen molar-refractivity contribution in [3.63, 3.8) is 0 Å². The zero-order valence-corrected chi connectivity index (χ0v) is 10.9. The van der Waals surface area contributed by atoms with Crippen LogP contribution in [-0.4, -0.2) is 24.4 Å². The summed E-state index contributed by atoms with van der Waals surface area (Å²) < 4.78 is 19.1. The van der Waals surface area contributed by atoms with Crippen LogP contribution in [0.1, 0.15) is 17.2 Å². The van der Waals surface area contributed by atoms with Crippen LogP contribution in [0.5, 0.6) is 5.75 Å². The van der Waals surface area contributed by atoms with Crippen molar-refractivity contribution in [3.05, 3.63) is 53.6 Å². The van der Waals surface area contributed by atoms with Crippen molar-refractivity contribution >= 4 is 0 Å². The van der Waals surface area contributed by atoms with Crippen molar-refractivity contribution in [1.29, 1.82) is 0 Å². The number of halogens is 1. The highest BCUT2D eigenvalue weighted by atomic mass is 19.1. The molecule has 1 unspecified atom stereocenters. The van der Waals surface area contributed by atoms with E-state index in [-0.39, 0.29) is 17.6 Å². The molecule has 0 bridgehead atoms. The van der Waals surface area contributed by atoms with Gasteiger partial charge in [0.25, 0.3) is 0 Å². The molecular weight excluding hydrogens is 245 g/mol. The fraction of sp³-hybridized carbons (Fsp3) is 0.286. The second kappa shape index (κ2) is 6.24. The van der Waals surface area contributed by atoms with Crippen LogP contribution < -0.4 is 10.1 Å². The summed E-state index contributed by atoms with van der Waals surface area (Å²) in [5.74, 6) is -0.0486. The monoisotopic (exact) mass is 261 g/mol. The summed E-state index contributed by atoms with van der Waals surface area (Å²) in [6, 6.07) is 7.01. The third kappa shape index (κ3) is 3.06. The Hall–Kier alpha value is -2.01. The van der Waals surface area contributed by atoms with Crippen LogP contribution in [0, 0.1) is 5.82 Å². The van der Waals surface area contributed by atoms with Crippen LogP contribution in [-0.2, 0) is 6.42 Å². The van der Waals surface area contributed by atoms with E-state index in [9.17, 15) is 4.39 Å². The molecule has 1 aromatic heterocycles. The minimum absolute atomic E-state index is 0.0166. The number of likely N-dealkylation sites (N-methyl/N-ethyl adjacent to an activating group) is 1. The van der Waals surface area contributed by atoms with Crippen LogP contribution in [0.15, 0.2) is 36.7 Å². The van der Waals surface area contributed by atoms with Gasteiger partial charge in [-0.1, -0.05) is 12.1 Å². The standard InChI is InChI=1S/C14H16FN3O/c1-16-12(11-6-7-17-18-9-11)8-10-4-3-5-13(19-2)14(10)15/h3-7,9,12,16H,8H2,1-2H3. The number of nitrogens with zero attached hydrogens (tertiary/aromatic N) is 2. The number of benzene rings is 1. The Bertz CT molecular complexity index is 533. The number of hydrogen-bond donors (Lipinski definition) is 1. The Balaban J connectivity index is 2.24. The maximum absolute atomic E-state index is 14.1. The van der Waals surface area contributed by atoms with E-state index in [1.807, 2.05) is 13.1 Å². The molecule has 5 heteroatoms. The molecule has 1 aromatic carbocycles. The highest BCUT2D eigenvalue weighted by molar-refractivity contribution is 5.32. The molecule has 0 saturated heterocycles. The Morgan fingerprint density at radius 3 is 2.79 bits per heavy atom. The van der Waals surface area contributed by atoms with Gasteiger partial charge in [0.05, 0.1) is 13.3 Å². The average molecular weight is 261 g/mol. The molecular formula is C14H16FN3O. The highest BCUT2D eigenvalue weighted by Gasteiger charge is 2.15. The van der Waals surface area contributed by atoms with E-state index >= 15 is 0 Å². The summed E-state index contributed by atoms with van der Waals surface area (Å²) in [5, 5.41) is 10.7. The second-order valence-corrected chi connectivity index (χ2v) is 4.15. The van der Waals surface area contributed by atoms with E-state index in [0.29, 0.717) is 12.0 Å². The third-order valence-electron chi connectivity index (χ3n) is 3.05. The maximum Gasteiger partial charge on any atom is 0.168 e. The van der Waals surface area contributed by atoms with Gasteiger partial charge in [-0.15, -0.1) is 0 Å². The lowest BCUT2D eigenvalue weighted by atomic mass is 10.00. The predicted octanol–water partition coefficient (Wildman–Crippen LogP) is 2.13. The number of methoxy groups -OCH3 is 1. The Labute approximate surface area is 111 Å².